The molecule has 0 unspecified atom stereocenters. The number of rotatable bonds is 3. The molecule has 1 aliphatic heterocycles. The van der Waals surface area contributed by atoms with Crippen LogP contribution in [0.3, 0.4) is 0 Å². The Bertz CT molecular complexity index is 411. The number of carbonyl (C=O) groups is 1. The molecule has 0 bridgehead atoms. The Hall–Kier alpha value is -1.39. The number of ether oxygens (including phenoxy) is 1. The highest BCUT2D eigenvalue weighted by atomic mass is 16.5. The van der Waals surface area contributed by atoms with Crippen LogP contribution < -0.4 is 5.73 Å². The molecule has 1 aromatic rings. The molecular formula is C15H22N2O2. The fourth-order valence-electron chi connectivity index (χ4n) is 2.52. The van der Waals surface area contributed by atoms with Gasteiger partial charge in [-0.1, -0.05) is 30.3 Å². The van der Waals surface area contributed by atoms with E-state index in [0.717, 1.165) is 5.56 Å². The molecule has 0 radical (unpaired) electrons. The molecular weight excluding hydrogens is 240 g/mol. The minimum Gasteiger partial charge on any atom is -0.372 e. The van der Waals surface area contributed by atoms with Crippen LogP contribution in [-0.4, -0.2) is 36.1 Å². The molecule has 1 saturated heterocycles. The lowest BCUT2D eigenvalue weighted by molar-refractivity contribution is -0.143. The van der Waals surface area contributed by atoms with Gasteiger partial charge in [-0.3, -0.25) is 4.79 Å². The standard InChI is InChI=1S/C15H22N2O2/c1-11-9-17(10-12(2)19-11)15(18)8-14(16)13-6-4-3-5-7-13/h3-7,11-12,14H,8-10,16H2,1-2H3/t11-,12+,14-/m0/s1. The van der Waals surface area contributed by atoms with Crippen molar-refractivity contribution >= 4 is 5.91 Å². The number of benzene rings is 1. The zero-order valence-electron chi connectivity index (χ0n) is 11.6. The summed E-state index contributed by atoms with van der Waals surface area (Å²) in [5, 5.41) is 0. The largest absolute Gasteiger partial charge is 0.372 e. The minimum atomic E-state index is -0.234. The van der Waals surface area contributed by atoms with Crippen LogP contribution in [-0.2, 0) is 9.53 Å². The summed E-state index contributed by atoms with van der Waals surface area (Å²) in [6.45, 7) is 5.30. The Morgan fingerprint density at radius 1 is 1.32 bits per heavy atom. The second kappa shape index (κ2) is 6.17. The van der Waals surface area contributed by atoms with Crippen molar-refractivity contribution < 1.29 is 9.53 Å². The minimum absolute atomic E-state index is 0.0978. The molecule has 0 aliphatic carbocycles. The molecule has 4 nitrogen and oxygen atoms in total. The quantitative estimate of drug-likeness (QED) is 0.902. The SMILES string of the molecule is C[C@@H]1CN(C(=O)C[C@H](N)c2ccccc2)C[C@H](C)O1. The number of morpholine rings is 1. The third kappa shape index (κ3) is 3.78. The van der Waals surface area contributed by atoms with E-state index in [1.165, 1.54) is 0 Å². The van der Waals surface area contributed by atoms with E-state index in [0.29, 0.717) is 19.5 Å². The molecule has 19 heavy (non-hydrogen) atoms. The monoisotopic (exact) mass is 262 g/mol. The van der Waals surface area contributed by atoms with Gasteiger partial charge in [0.1, 0.15) is 0 Å². The molecule has 2 rings (SSSR count). The summed E-state index contributed by atoms with van der Waals surface area (Å²) < 4.78 is 5.63. The van der Waals surface area contributed by atoms with Gasteiger partial charge < -0.3 is 15.4 Å². The molecule has 0 spiro atoms. The normalized spacial score (nSPS) is 25.1. The number of nitrogens with zero attached hydrogens (tertiary/aromatic N) is 1. The molecule has 3 atom stereocenters. The topological polar surface area (TPSA) is 55.6 Å². The summed E-state index contributed by atoms with van der Waals surface area (Å²) in [6, 6.07) is 9.52. The van der Waals surface area contributed by atoms with Crippen molar-refractivity contribution in [2.45, 2.75) is 38.5 Å². The fraction of sp³-hybridized carbons (Fsp3) is 0.533. The van der Waals surface area contributed by atoms with Gasteiger partial charge in [0.2, 0.25) is 5.91 Å². The van der Waals surface area contributed by atoms with Crippen LogP contribution >= 0.6 is 0 Å². The van der Waals surface area contributed by atoms with E-state index in [2.05, 4.69) is 0 Å². The van der Waals surface area contributed by atoms with E-state index in [9.17, 15) is 4.79 Å². The van der Waals surface area contributed by atoms with Crippen molar-refractivity contribution in [1.29, 1.82) is 0 Å². The lowest BCUT2D eigenvalue weighted by Crippen LogP contribution is -2.48. The molecule has 1 fully saturated rings. The maximum atomic E-state index is 12.3. The maximum Gasteiger partial charge on any atom is 0.224 e. The van der Waals surface area contributed by atoms with Crippen molar-refractivity contribution in [3.05, 3.63) is 35.9 Å². The number of hydrogen-bond donors (Lipinski definition) is 1. The van der Waals surface area contributed by atoms with Gasteiger partial charge in [0.25, 0.3) is 0 Å². The van der Waals surface area contributed by atoms with E-state index >= 15 is 0 Å². The van der Waals surface area contributed by atoms with Gasteiger partial charge in [-0.25, -0.2) is 0 Å². The predicted molar refractivity (Wildman–Crippen MR) is 74.6 cm³/mol. The van der Waals surface area contributed by atoms with E-state index in [4.69, 9.17) is 10.5 Å². The molecule has 4 heteroatoms. The van der Waals surface area contributed by atoms with Crippen LogP contribution in [0.5, 0.6) is 0 Å². The summed E-state index contributed by atoms with van der Waals surface area (Å²) in [4.78, 5) is 14.1. The van der Waals surface area contributed by atoms with Crippen LogP contribution in [0.1, 0.15) is 31.9 Å². The second-order valence-corrected chi connectivity index (χ2v) is 5.28. The second-order valence-electron chi connectivity index (χ2n) is 5.28. The number of carbonyl (C=O) groups excluding carboxylic acids is 1. The predicted octanol–water partition coefficient (Wildman–Crippen LogP) is 1.71. The lowest BCUT2D eigenvalue weighted by atomic mass is 10.0. The summed E-state index contributed by atoms with van der Waals surface area (Å²) in [7, 11) is 0. The van der Waals surface area contributed by atoms with Gasteiger partial charge in [0.05, 0.1) is 12.2 Å². The number of hydrogen-bond acceptors (Lipinski definition) is 3. The van der Waals surface area contributed by atoms with Crippen LogP contribution in [0.2, 0.25) is 0 Å². The van der Waals surface area contributed by atoms with Crippen molar-refractivity contribution in [3.63, 3.8) is 0 Å². The first-order chi connectivity index (χ1) is 9.06. The van der Waals surface area contributed by atoms with Gasteiger partial charge in [-0.15, -0.1) is 0 Å². The first-order valence-corrected chi connectivity index (χ1v) is 6.80. The first kappa shape index (κ1) is 14.0. The van der Waals surface area contributed by atoms with Gasteiger partial charge in [-0.2, -0.15) is 0 Å². The summed E-state index contributed by atoms with van der Waals surface area (Å²) in [5.41, 5.74) is 7.10. The first-order valence-electron chi connectivity index (χ1n) is 6.80. The Morgan fingerprint density at radius 3 is 2.47 bits per heavy atom. The zero-order valence-corrected chi connectivity index (χ0v) is 11.6. The number of amides is 1. The molecule has 1 aromatic carbocycles. The van der Waals surface area contributed by atoms with E-state index in [1.54, 1.807) is 0 Å². The summed E-state index contributed by atoms with van der Waals surface area (Å²) in [6.07, 6.45) is 0.546. The molecule has 2 N–H and O–H groups in total. The molecule has 0 aromatic heterocycles. The molecule has 1 aliphatic rings. The Balaban J connectivity index is 1.93. The van der Waals surface area contributed by atoms with Crippen LogP contribution in [0.15, 0.2) is 30.3 Å². The Labute approximate surface area is 114 Å². The average molecular weight is 262 g/mol. The average Bonchev–Trinajstić information content (AvgIpc) is 2.38. The van der Waals surface area contributed by atoms with Gasteiger partial charge in [0, 0.05) is 25.6 Å². The Kier molecular flexibility index (Phi) is 4.56. The van der Waals surface area contributed by atoms with Crippen LogP contribution in [0.4, 0.5) is 0 Å². The molecule has 104 valence electrons. The highest BCUT2D eigenvalue weighted by Crippen LogP contribution is 2.17. The highest BCUT2D eigenvalue weighted by molar-refractivity contribution is 5.77. The van der Waals surface area contributed by atoms with Gasteiger partial charge in [0.15, 0.2) is 0 Å². The molecule has 0 saturated carbocycles. The van der Waals surface area contributed by atoms with E-state index in [1.807, 2.05) is 49.1 Å². The Morgan fingerprint density at radius 2 is 1.89 bits per heavy atom. The van der Waals surface area contributed by atoms with Gasteiger partial charge in [-0.05, 0) is 19.4 Å². The van der Waals surface area contributed by atoms with Crippen molar-refractivity contribution in [2.75, 3.05) is 13.1 Å². The third-order valence-corrected chi connectivity index (χ3v) is 3.39. The van der Waals surface area contributed by atoms with Gasteiger partial charge >= 0.3 is 0 Å². The summed E-state index contributed by atoms with van der Waals surface area (Å²) >= 11 is 0. The molecule has 1 heterocycles. The third-order valence-electron chi connectivity index (χ3n) is 3.39. The van der Waals surface area contributed by atoms with Crippen molar-refractivity contribution in [3.8, 4) is 0 Å². The number of nitrogens with two attached hydrogens (primary N) is 1. The van der Waals surface area contributed by atoms with Crippen LogP contribution in [0, 0.1) is 0 Å². The van der Waals surface area contributed by atoms with Crippen molar-refractivity contribution in [2.24, 2.45) is 5.73 Å². The highest BCUT2D eigenvalue weighted by Gasteiger charge is 2.26. The molecule has 1 amide bonds. The fourth-order valence-corrected chi connectivity index (χ4v) is 2.52. The maximum absolute atomic E-state index is 12.3. The van der Waals surface area contributed by atoms with Crippen LogP contribution in [0.25, 0.3) is 0 Å². The summed E-state index contributed by atoms with van der Waals surface area (Å²) in [5.74, 6) is 0.110. The van der Waals surface area contributed by atoms with Crippen molar-refractivity contribution in [1.82, 2.24) is 4.90 Å². The lowest BCUT2D eigenvalue weighted by Gasteiger charge is -2.35. The van der Waals surface area contributed by atoms with E-state index < -0.39 is 0 Å². The zero-order chi connectivity index (χ0) is 13.8. The van der Waals surface area contributed by atoms with E-state index in [-0.39, 0.29) is 24.2 Å². The smallest absolute Gasteiger partial charge is 0.224 e.